The first-order valence-electron chi connectivity index (χ1n) is 6.07. The highest BCUT2D eigenvalue weighted by Gasteiger charge is 2.23. The summed E-state index contributed by atoms with van der Waals surface area (Å²) in [4.78, 5) is 22.6. The summed E-state index contributed by atoms with van der Waals surface area (Å²) >= 11 is 0. The lowest BCUT2D eigenvalue weighted by molar-refractivity contribution is -0.150. The summed E-state index contributed by atoms with van der Waals surface area (Å²) in [5.74, 6) is -0.334. The van der Waals surface area contributed by atoms with Crippen molar-refractivity contribution in [2.75, 3.05) is 18.9 Å². The molecule has 1 amide bonds. The summed E-state index contributed by atoms with van der Waals surface area (Å²) in [6, 6.07) is 6.91. The second-order valence-corrected chi connectivity index (χ2v) is 4.36. The van der Waals surface area contributed by atoms with E-state index in [1.807, 2.05) is 0 Å². The van der Waals surface area contributed by atoms with Gasteiger partial charge in [-0.2, -0.15) is 0 Å². The first kappa shape index (κ1) is 13.2. The van der Waals surface area contributed by atoms with Gasteiger partial charge >= 0.3 is 5.97 Å². The Morgan fingerprint density at radius 3 is 2.53 bits per heavy atom. The molecule has 6 nitrogen and oxygen atoms in total. The molecule has 0 heterocycles. The number of anilines is 1. The van der Waals surface area contributed by atoms with E-state index in [1.54, 1.807) is 24.3 Å². The van der Waals surface area contributed by atoms with Gasteiger partial charge in [0.2, 0.25) is 0 Å². The van der Waals surface area contributed by atoms with Crippen LogP contribution in [0.5, 0.6) is 5.75 Å². The number of nitrogen functional groups attached to an aromatic ring is 1. The third-order valence-electron chi connectivity index (χ3n) is 2.54. The molecular weight excluding hydrogens is 248 g/mol. The Labute approximate surface area is 110 Å². The molecule has 102 valence electrons. The van der Waals surface area contributed by atoms with E-state index in [9.17, 15) is 9.59 Å². The predicted octanol–water partition coefficient (Wildman–Crippen LogP) is 0.469. The zero-order valence-corrected chi connectivity index (χ0v) is 10.4. The number of nitrogens with two attached hydrogens (primary N) is 1. The van der Waals surface area contributed by atoms with Gasteiger partial charge in [-0.1, -0.05) is 0 Å². The van der Waals surface area contributed by atoms with Crippen molar-refractivity contribution in [2.24, 2.45) is 0 Å². The number of carbonyl (C=O) groups is 2. The van der Waals surface area contributed by atoms with Crippen molar-refractivity contribution >= 4 is 17.6 Å². The number of hydrogen-bond donors (Lipinski definition) is 2. The third-order valence-corrected chi connectivity index (χ3v) is 2.54. The summed E-state index contributed by atoms with van der Waals surface area (Å²) in [5, 5.41) is 2.72. The number of esters is 1. The Kier molecular flexibility index (Phi) is 4.22. The van der Waals surface area contributed by atoms with E-state index in [0.29, 0.717) is 11.4 Å². The zero-order chi connectivity index (χ0) is 13.7. The predicted molar refractivity (Wildman–Crippen MR) is 68.5 cm³/mol. The van der Waals surface area contributed by atoms with Crippen molar-refractivity contribution in [3.63, 3.8) is 0 Å². The lowest BCUT2D eigenvalue weighted by Crippen LogP contribution is -2.31. The van der Waals surface area contributed by atoms with Crippen molar-refractivity contribution in [3.8, 4) is 5.75 Å². The Hall–Kier alpha value is -2.24. The third kappa shape index (κ3) is 4.87. The molecule has 1 fully saturated rings. The summed E-state index contributed by atoms with van der Waals surface area (Å²) in [6.45, 7) is -0.499. The van der Waals surface area contributed by atoms with E-state index in [1.165, 1.54) is 0 Å². The van der Waals surface area contributed by atoms with Crippen LogP contribution in [0, 0.1) is 0 Å². The molecule has 0 atom stereocenters. The van der Waals surface area contributed by atoms with Gasteiger partial charge in [0.25, 0.3) is 5.91 Å². The minimum Gasteiger partial charge on any atom is -0.482 e. The zero-order valence-electron chi connectivity index (χ0n) is 10.4. The standard InChI is InChI=1S/C13H16N2O4/c14-9-1-5-11(6-2-9)18-8-13(17)19-7-12(16)15-10-3-4-10/h1-2,5-6,10H,3-4,7-8,14H2,(H,15,16). The monoisotopic (exact) mass is 264 g/mol. The molecule has 1 saturated carbocycles. The van der Waals surface area contributed by atoms with Crippen LogP contribution in [0.4, 0.5) is 5.69 Å². The van der Waals surface area contributed by atoms with Gasteiger partial charge < -0.3 is 20.5 Å². The molecule has 0 aliphatic heterocycles. The molecule has 0 saturated heterocycles. The van der Waals surface area contributed by atoms with Crippen LogP contribution in [0.15, 0.2) is 24.3 Å². The molecule has 1 aromatic carbocycles. The maximum atomic E-state index is 11.3. The minimum absolute atomic E-state index is 0.235. The first-order chi connectivity index (χ1) is 9.13. The van der Waals surface area contributed by atoms with E-state index in [4.69, 9.17) is 15.2 Å². The normalized spacial score (nSPS) is 13.7. The van der Waals surface area contributed by atoms with Crippen molar-refractivity contribution in [3.05, 3.63) is 24.3 Å². The highest BCUT2D eigenvalue weighted by molar-refractivity contribution is 5.81. The molecule has 19 heavy (non-hydrogen) atoms. The first-order valence-corrected chi connectivity index (χ1v) is 6.07. The van der Waals surface area contributed by atoms with Crippen LogP contribution in [-0.2, 0) is 14.3 Å². The van der Waals surface area contributed by atoms with Crippen LogP contribution in [0.2, 0.25) is 0 Å². The van der Waals surface area contributed by atoms with E-state index in [2.05, 4.69) is 5.32 Å². The molecule has 1 aromatic rings. The summed E-state index contributed by atoms with van der Waals surface area (Å²) < 4.78 is 9.96. The topological polar surface area (TPSA) is 90.7 Å². The van der Waals surface area contributed by atoms with Crippen LogP contribution in [-0.4, -0.2) is 31.1 Å². The van der Waals surface area contributed by atoms with Gasteiger partial charge in [-0.3, -0.25) is 4.79 Å². The van der Waals surface area contributed by atoms with Gasteiger partial charge in [-0.25, -0.2) is 4.79 Å². The minimum atomic E-state index is -0.581. The number of nitrogens with one attached hydrogen (secondary N) is 1. The largest absolute Gasteiger partial charge is 0.482 e. The van der Waals surface area contributed by atoms with Gasteiger partial charge in [0.15, 0.2) is 13.2 Å². The number of amides is 1. The number of ether oxygens (including phenoxy) is 2. The van der Waals surface area contributed by atoms with E-state index >= 15 is 0 Å². The number of rotatable bonds is 6. The molecule has 0 unspecified atom stereocenters. The Bertz CT molecular complexity index is 454. The molecule has 6 heteroatoms. The number of hydrogen-bond acceptors (Lipinski definition) is 5. The average Bonchev–Trinajstić information content (AvgIpc) is 3.19. The van der Waals surface area contributed by atoms with Crippen LogP contribution in [0.25, 0.3) is 0 Å². The van der Waals surface area contributed by atoms with Gasteiger partial charge in [0, 0.05) is 11.7 Å². The Morgan fingerprint density at radius 1 is 1.21 bits per heavy atom. The van der Waals surface area contributed by atoms with Crippen LogP contribution in [0.1, 0.15) is 12.8 Å². The highest BCUT2D eigenvalue weighted by atomic mass is 16.6. The molecule has 2 rings (SSSR count). The second kappa shape index (κ2) is 6.08. The van der Waals surface area contributed by atoms with E-state index in [0.717, 1.165) is 12.8 Å². The van der Waals surface area contributed by atoms with E-state index in [-0.39, 0.29) is 25.2 Å². The molecule has 0 bridgehead atoms. The van der Waals surface area contributed by atoms with Gasteiger partial charge in [-0.15, -0.1) is 0 Å². The van der Waals surface area contributed by atoms with Crippen molar-refractivity contribution in [1.29, 1.82) is 0 Å². The fraction of sp³-hybridized carbons (Fsp3) is 0.385. The lowest BCUT2D eigenvalue weighted by atomic mass is 10.3. The average molecular weight is 264 g/mol. The fourth-order valence-corrected chi connectivity index (χ4v) is 1.39. The van der Waals surface area contributed by atoms with Crippen molar-refractivity contribution in [1.82, 2.24) is 5.32 Å². The second-order valence-electron chi connectivity index (χ2n) is 4.36. The molecule has 1 aliphatic carbocycles. The van der Waals surface area contributed by atoms with Crippen LogP contribution in [0.3, 0.4) is 0 Å². The van der Waals surface area contributed by atoms with Crippen LogP contribution < -0.4 is 15.8 Å². The summed E-state index contributed by atoms with van der Waals surface area (Å²) in [7, 11) is 0. The molecular formula is C13H16N2O4. The fourth-order valence-electron chi connectivity index (χ4n) is 1.39. The number of carbonyl (C=O) groups excluding carboxylic acids is 2. The van der Waals surface area contributed by atoms with Gasteiger partial charge in [0.05, 0.1) is 0 Å². The molecule has 1 aliphatic rings. The lowest BCUT2D eigenvalue weighted by Gasteiger charge is -2.07. The Morgan fingerprint density at radius 2 is 1.89 bits per heavy atom. The Balaban J connectivity index is 1.63. The summed E-state index contributed by atoms with van der Waals surface area (Å²) in [6.07, 6.45) is 2.00. The van der Waals surface area contributed by atoms with E-state index < -0.39 is 5.97 Å². The highest BCUT2D eigenvalue weighted by Crippen LogP contribution is 2.18. The number of benzene rings is 1. The van der Waals surface area contributed by atoms with Crippen LogP contribution >= 0.6 is 0 Å². The maximum Gasteiger partial charge on any atom is 0.344 e. The summed E-state index contributed by atoms with van der Waals surface area (Å²) in [5.41, 5.74) is 6.13. The SMILES string of the molecule is Nc1ccc(OCC(=O)OCC(=O)NC2CC2)cc1. The maximum absolute atomic E-state index is 11.3. The van der Waals surface area contributed by atoms with Crippen molar-refractivity contribution in [2.45, 2.75) is 18.9 Å². The molecule has 0 spiro atoms. The molecule has 0 radical (unpaired) electrons. The molecule has 0 aromatic heterocycles. The van der Waals surface area contributed by atoms with Gasteiger partial charge in [-0.05, 0) is 37.1 Å². The van der Waals surface area contributed by atoms with Gasteiger partial charge in [0.1, 0.15) is 5.75 Å². The molecule has 3 N–H and O–H groups in total. The van der Waals surface area contributed by atoms with Crippen molar-refractivity contribution < 1.29 is 19.1 Å². The smallest absolute Gasteiger partial charge is 0.344 e. The quantitative estimate of drug-likeness (QED) is 0.575.